The fourth-order valence-electron chi connectivity index (χ4n) is 10.1. The normalized spacial score (nSPS) is 14.4. The molecule has 2 saturated heterocycles. The number of ether oxygens (including phenoxy) is 2. The molecular weight excluding hydrogens is 901 g/mol. The predicted molar refractivity (Wildman–Crippen MR) is 308 cm³/mol. The second-order valence-corrected chi connectivity index (χ2v) is 19.3. The average molecular weight is 957 g/mol. The summed E-state index contributed by atoms with van der Waals surface area (Å²) in [6.07, 6.45) is 4.97. The van der Waals surface area contributed by atoms with E-state index < -0.39 is 0 Å². The van der Waals surface area contributed by atoms with E-state index in [0.717, 1.165) is 58.5 Å². The van der Waals surface area contributed by atoms with Crippen molar-refractivity contribution in [1.29, 1.82) is 0 Å². The summed E-state index contributed by atoms with van der Waals surface area (Å²) in [5, 5.41) is 0. The van der Waals surface area contributed by atoms with Gasteiger partial charge in [0.1, 0.15) is 12.2 Å². The highest BCUT2D eigenvalue weighted by atomic mass is 16.6. The monoisotopic (exact) mass is 956 g/mol. The minimum atomic E-state index is 0.194. The summed E-state index contributed by atoms with van der Waals surface area (Å²) in [6.45, 7) is 6.01. The standard InChI is InChI=1S/C70H56N2O2/c1-49-43-59(31-41-67(49)71(63-37-27-57(28-38-63)69-47-73-69)61-33-23-51(24-34-61)45-65(53-15-7-3-8-16-53)54-17-9-4-10-18-54)60-32-42-68(50(2)44-60)72(64-39-29-58(30-40-64)70-48-74-70)62-35-25-52(26-36-62)46-66(55-19-11-5-12-20-55)56-21-13-6-14-22-56/h3-46,69-70H,47-48H2,1-2H3. The number of rotatable bonds is 15. The van der Waals surface area contributed by atoms with Crippen molar-refractivity contribution in [3.8, 4) is 11.1 Å². The zero-order chi connectivity index (χ0) is 49.8. The Kier molecular flexibility index (Phi) is 13.0. The third-order valence-corrected chi connectivity index (χ3v) is 14.2. The van der Waals surface area contributed by atoms with Crippen LogP contribution in [0.1, 0.15) is 67.8 Å². The number of benzene rings is 10. The van der Waals surface area contributed by atoms with Gasteiger partial charge >= 0.3 is 0 Å². The highest BCUT2D eigenvalue weighted by Crippen LogP contribution is 2.43. The van der Waals surface area contributed by atoms with Gasteiger partial charge in [-0.1, -0.05) is 182 Å². The van der Waals surface area contributed by atoms with E-state index in [0.29, 0.717) is 0 Å². The van der Waals surface area contributed by atoms with E-state index in [1.54, 1.807) is 0 Å². The molecule has 0 saturated carbocycles. The summed E-state index contributed by atoms with van der Waals surface area (Å²) in [7, 11) is 0. The zero-order valence-corrected chi connectivity index (χ0v) is 41.7. The first-order chi connectivity index (χ1) is 36.5. The Morgan fingerprint density at radius 2 is 0.635 bits per heavy atom. The number of epoxide rings is 2. The molecule has 2 aliphatic rings. The quantitative estimate of drug-likeness (QED) is 0.0757. The van der Waals surface area contributed by atoms with E-state index >= 15 is 0 Å². The molecule has 0 radical (unpaired) electrons. The van der Waals surface area contributed by atoms with Crippen molar-refractivity contribution in [1.82, 2.24) is 0 Å². The molecule has 10 aromatic rings. The highest BCUT2D eigenvalue weighted by Gasteiger charge is 2.26. The Hall–Kier alpha value is -8.80. The van der Waals surface area contributed by atoms with Crippen molar-refractivity contribution in [2.45, 2.75) is 26.1 Å². The van der Waals surface area contributed by atoms with E-state index in [-0.39, 0.29) is 12.2 Å². The Morgan fingerprint density at radius 1 is 0.351 bits per heavy atom. The topological polar surface area (TPSA) is 31.5 Å². The molecule has 0 aliphatic carbocycles. The van der Waals surface area contributed by atoms with Crippen LogP contribution in [0.15, 0.2) is 255 Å². The van der Waals surface area contributed by atoms with Gasteiger partial charge in [-0.25, -0.2) is 0 Å². The summed E-state index contributed by atoms with van der Waals surface area (Å²) in [4.78, 5) is 4.75. The Bertz CT molecular complexity index is 3260. The van der Waals surface area contributed by atoms with Crippen molar-refractivity contribution in [3.63, 3.8) is 0 Å². The lowest BCUT2D eigenvalue weighted by Crippen LogP contribution is -2.12. The number of anilines is 6. The highest BCUT2D eigenvalue weighted by molar-refractivity contribution is 5.93. The Labute approximate surface area is 435 Å². The number of hydrogen-bond donors (Lipinski definition) is 0. The number of aryl methyl sites for hydroxylation is 2. The summed E-state index contributed by atoms with van der Waals surface area (Å²) in [5.41, 5.74) is 23.1. The van der Waals surface area contributed by atoms with Crippen LogP contribution in [-0.2, 0) is 9.47 Å². The van der Waals surface area contributed by atoms with Gasteiger partial charge in [-0.05, 0) is 177 Å². The summed E-state index contributed by atoms with van der Waals surface area (Å²) < 4.78 is 11.3. The summed E-state index contributed by atoms with van der Waals surface area (Å²) in [5.74, 6) is 0. The molecule has 74 heavy (non-hydrogen) atoms. The van der Waals surface area contributed by atoms with Crippen LogP contribution in [0.4, 0.5) is 34.1 Å². The molecular formula is C70H56N2O2. The molecule has 2 heterocycles. The van der Waals surface area contributed by atoms with Gasteiger partial charge in [0.05, 0.1) is 13.2 Å². The van der Waals surface area contributed by atoms with Crippen molar-refractivity contribution in [2.24, 2.45) is 0 Å². The molecule has 4 heteroatoms. The van der Waals surface area contributed by atoms with Crippen LogP contribution < -0.4 is 9.80 Å². The molecule has 0 bridgehead atoms. The third kappa shape index (κ3) is 10.2. The average Bonchev–Trinajstić information content (AvgIpc) is 4.41. The lowest BCUT2D eigenvalue weighted by atomic mass is 9.95. The largest absolute Gasteiger partial charge is 0.368 e. The molecule has 0 N–H and O–H groups in total. The number of nitrogens with zero attached hydrogens (tertiary/aromatic N) is 2. The summed E-state index contributed by atoms with van der Waals surface area (Å²) >= 11 is 0. The minimum absolute atomic E-state index is 0.194. The molecule has 12 rings (SSSR count). The molecule has 0 amide bonds. The fraction of sp³-hybridized carbons (Fsp3) is 0.0857. The van der Waals surface area contributed by atoms with Crippen LogP contribution in [0.2, 0.25) is 0 Å². The van der Waals surface area contributed by atoms with E-state index in [9.17, 15) is 0 Å². The van der Waals surface area contributed by atoms with Gasteiger partial charge < -0.3 is 19.3 Å². The predicted octanol–water partition coefficient (Wildman–Crippen LogP) is 18.2. The molecule has 4 nitrogen and oxygen atoms in total. The maximum atomic E-state index is 5.65. The maximum Gasteiger partial charge on any atom is 0.106 e. The van der Waals surface area contributed by atoms with Gasteiger partial charge in [0.25, 0.3) is 0 Å². The first kappa shape index (κ1) is 46.3. The summed E-state index contributed by atoms with van der Waals surface area (Å²) in [6, 6.07) is 91.8. The van der Waals surface area contributed by atoms with Crippen molar-refractivity contribution >= 4 is 57.4 Å². The first-order valence-electron chi connectivity index (χ1n) is 25.6. The lowest BCUT2D eigenvalue weighted by Gasteiger charge is -2.28. The van der Waals surface area contributed by atoms with Crippen molar-refractivity contribution in [3.05, 3.63) is 310 Å². The lowest BCUT2D eigenvalue weighted by molar-refractivity contribution is 0.415. The van der Waals surface area contributed by atoms with Gasteiger partial charge in [0.2, 0.25) is 0 Å². The third-order valence-electron chi connectivity index (χ3n) is 14.2. The van der Waals surface area contributed by atoms with Crippen molar-refractivity contribution in [2.75, 3.05) is 23.0 Å². The second-order valence-electron chi connectivity index (χ2n) is 19.3. The fourth-order valence-corrected chi connectivity index (χ4v) is 10.1. The molecule has 2 unspecified atom stereocenters. The van der Waals surface area contributed by atoms with E-state index in [4.69, 9.17) is 9.47 Å². The van der Waals surface area contributed by atoms with Crippen LogP contribution in [0.3, 0.4) is 0 Å². The van der Waals surface area contributed by atoms with Crippen molar-refractivity contribution < 1.29 is 9.47 Å². The second kappa shape index (κ2) is 20.7. The van der Waals surface area contributed by atoms with Gasteiger partial charge in [0.15, 0.2) is 0 Å². The molecule has 2 aliphatic heterocycles. The molecule has 0 aromatic heterocycles. The van der Waals surface area contributed by atoms with Crippen LogP contribution in [-0.4, -0.2) is 13.2 Å². The van der Waals surface area contributed by atoms with E-state index in [2.05, 4.69) is 291 Å². The van der Waals surface area contributed by atoms with Crippen LogP contribution in [0.5, 0.6) is 0 Å². The molecule has 0 spiro atoms. The van der Waals surface area contributed by atoms with Gasteiger partial charge in [-0.3, -0.25) is 0 Å². The Morgan fingerprint density at radius 3 is 0.905 bits per heavy atom. The maximum absolute atomic E-state index is 5.65. The smallest absolute Gasteiger partial charge is 0.106 e. The molecule has 2 atom stereocenters. The van der Waals surface area contributed by atoms with Crippen LogP contribution in [0.25, 0.3) is 34.4 Å². The van der Waals surface area contributed by atoms with Gasteiger partial charge in [-0.2, -0.15) is 0 Å². The van der Waals surface area contributed by atoms with Crippen LogP contribution >= 0.6 is 0 Å². The van der Waals surface area contributed by atoms with E-state index in [1.165, 1.54) is 66.8 Å². The van der Waals surface area contributed by atoms with Crippen LogP contribution in [0, 0.1) is 13.8 Å². The molecule has 358 valence electrons. The number of hydrogen-bond acceptors (Lipinski definition) is 4. The molecule has 2 fully saturated rings. The van der Waals surface area contributed by atoms with Gasteiger partial charge in [-0.15, -0.1) is 0 Å². The Balaban J connectivity index is 0.867. The minimum Gasteiger partial charge on any atom is -0.368 e. The SMILES string of the molecule is Cc1cc(-c2ccc(N(c3ccc(C=C(c4ccccc4)c4ccccc4)cc3)c3ccc(C4CO4)cc3)c(C)c2)ccc1N(c1ccc(C=C(c2ccccc2)c2ccccc2)cc1)c1ccc(C2CO2)cc1. The van der Waals surface area contributed by atoms with E-state index in [1.807, 2.05) is 0 Å². The van der Waals surface area contributed by atoms with Gasteiger partial charge in [0, 0.05) is 34.1 Å². The zero-order valence-electron chi connectivity index (χ0n) is 41.7. The molecule has 10 aromatic carbocycles. The first-order valence-corrected chi connectivity index (χ1v) is 25.6.